The Balaban J connectivity index is 2.03. The average Bonchev–Trinajstić information content (AvgIpc) is 3.00. The Kier molecular flexibility index (Phi) is 6.37. The molecule has 6 nitrogen and oxygen atoms in total. The van der Waals surface area contributed by atoms with Crippen molar-refractivity contribution in [2.45, 2.75) is 40.2 Å². The molecule has 0 aliphatic carbocycles. The van der Waals surface area contributed by atoms with E-state index in [1.54, 1.807) is 20.8 Å². The predicted octanol–water partition coefficient (Wildman–Crippen LogP) is 3.37. The fourth-order valence-electron chi connectivity index (χ4n) is 2.41. The molecular weight excluding hydrogens is 352 g/mol. The molecule has 0 fully saturated rings. The number of ether oxygens (including phenoxy) is 1. The van der Waals surface area contributed by atoms with E-state index in [0.29, 0.717) is 12.3 Å². The van der Waals surface area contributed by atoms with Crippen LogP contribution in [0, 0.1) is 5.41 Å². The molecule has 1 amide bonds. The summed E-state index contributed by atoms with van der Waals surface area (Å²) in [6, 6.07) is 6.67. The van der Waals surface area contributed by atoms with Gasteiger partial charge in [0.2, 0.25) is 5.91 Å². The molecule has 0 aliphatic rings. The number of carboxylic acid groups (broad SMARTS) is 1. The van der Waals surface area contributed by atoms with Gasteiger partial charge in [0.05, 0.1) is 18.7 Å². The lowest BCUT2D eigenvalue weighted by atomic mass is 9.86. The standard InChI is InChI=1S/C19H24N2O4S/c1-5-25-14-8-6-12(7-9-14)17-20-13(11-26-17)10-15(22)21-16(18(23)24)19(2,3)4/h6-9,11,16H,5,10H2,1-4H3,(H,21,22)(H,23,24). The van der Waals surface area contributed by atoms with Gasteiger partial charge in [-0.05, 0) is 36.6 Å². The number of thiazole rings is 1. The van der Waals surface area contributed by atoms with Crippen molar-refractivity contribution in [3.8, 4) is 16.3 Å². The minimum absolute atomic E-state index is 0.0490. The van der Waals surface area contributed by atoms with Crippen LogP contribution in [0.4, 0.5) is 0 Å². The second-order valence-electron chi connectivity index (χ2n) is 6.98. The lowest BCUT2D eigenvalue weighted by molar-refractivity contribution is -0.144. The van der Waals surface area contributed by atoms with E-state index < -0.39 is 17.4 Å². The number of nitrogens with zero attached hydrogens (tertiary/aromatic N) is 1. The molecule has 0 bridgehead atoms. The largest absolute Gasteiger partial charge is 0.494 e. The summed E-state index contributed by atoms with van der Waals surface area (Å²) >= 11 is 1.45. The molecule has 1 atom stereocenters. The number of amides is 1. The highest BCUT2D eigenvalue weighted by atomic mass is 32.1. The van der Waals surface area contributed by atoms with Crippen molar-refractivity contribution in [2.24, 2.45) is 5.41 Å². The lowest BCUT2D eigenvalue weighted by Crippen LogP contribution is -2.49. The Hall–Kier alpha value is -2.41. The molecule has 140 valence electrons. The second kappa shape index (κ2) is 8.31. The highest BCUT2D eigenvalue weighted by Gasteiger charge is 2.32. The molecule has 0 spiro atoms. The van der Waals surface area contributed by atoms with E-state index in [4.69, 9.17) is 4.74 Å². The van der Waals surface area contributed by atoms with E-state index in [9.17, 15) is 14.7 Å². The van der Waals surface area contributed by atoms with Crippen LogP contribution in [-0.4, -0.2) is 34.6 Å². The molecule has 0 radical (unpaired) electrons. The van der Waals surface area contributed by atoms with Crippen LogP contribution in [0.1, 0.15) is 33.4 Å². The van der Waals surface area contributed by atoms with Crippen LogP contribution in [0.15, 0.2) is 29.6 Å². The Morgan fingerprint density at radius 3 is 2.46 bits per heavy atom. The topological polar surface area (TPSA) is 88.5 Å². The van der Waals surface area contributed by atoms with Gasteiger partial charge in [-0.3, -0.25) is 4.79 Å². The number of nitrogens with one attached hydrogen (secondary N) is 1. The summed E-state index contributed by atoms with van der Waals surface area (Å²) in [7, 11) is 0. The zero-order chi connectivity index (χ0) is 19.3. The molecule has 26 heavy (non-hydrogen) atoms. The van der Waals surface area contributed by atoms with Crippen LogP contribution < -0.4 is 10.1 Å². The zero-order valence-corrected chi connectivity index (χ0v) is 16.2. The van der Waals surface area contributed by atoms with Crippen LogP contribution in [0.25, 0.3) is 10.6 Å². The van der Waals surface area contributed by atoms with Crippen molar-refractivity contribution in [3.63, 3.8) is 0 Å². The maximum absolute atomic E-state index is 12.2. The first-order valence-electron chi connectivity index (χ1n) is 8.40. The van der Waals surface area contributed by atoms with Gasteiger partial charge in [0.25, 0.3) is 0 Å². The van der Waals surface area contributed by atoms with Gasteiger partial charge in [0.1, 0.15) is 16.8 Å². The van der Waals surface area contributed by atoms with Crippen molar-refractivity contribution in [1.29, 1.82) is 0 Å². The molecule has 1 heterocycles. The SMILES string of the molecule is CCOc1ccc(-c2nc(CC(=O)NC(C(=O)O)C(C)(C)C)cs2)cc1. The van der Waals surface area contributed by atoms with E-state index in [1.807, 2.05) is 36.6 Å². The summed E-state index contributed by atoms with van der Waals surface area (Å²) in [5.74, 6) is -0.593. The number of aliphatic carboxylic acids is 1. The summed E-state index contributed by atoms with van der Waals surface area (Å²) in [4.78, 5) is 28.0. The third-order valence-electron chi connectivity index (χ3n) is 3.72. The van der Waals surface area contributed by atoms with Gasteiger partial charge in [-0.25, -0.2) is 9.78 Å². The van der Waals surface area contributed by atoms with Crippen molar-refractivity contribution < 1.29 is 19.4 Å². The van der Waals surface area contributed by atoms with E-state index in [1.165, 1.54) is 11.3 Å². The second-order valence-corrected chi connectivity index (χ2v) is 7.84. The normalized spacial score (nSPS) is 12.5. The summed E-state index contributed by atoms with van der Waals surface area (Å²) in [5.41, 5.74) is 0.995. The van der Waals surface area contributed by atoms with Gasteiger partial charge >= 0.3 is 5.97 Å². The monoisotopic (exact) mass is 376 g/mol. The highest BCUT2D eigenvalue weighted by molar-refractivity contribution is 7.13. The maximum atomic E-state index is 12.2. The Bertz CT molecular complexity index is 763. The molecular formula is C19H24N2O4S. The maximum Gasteiger partial charge on any atom is 0.326 e. The first-order valence-corrected chi connectivity index (χ1v) is 9.28. The number of hydrogen-bond acceptors (Lipinski definition) is 5. The number of aromatic nitrogens is 1. The van der Waals surface area contributed by atoms with Gasteiger partial charge in [0, 0.05) is 10.9 Å². The van der Waals surface area contributed by atoms with Gasteiger partial charge in [0.15, 0.2) is 0 Å². The van der Waals surface area contributed by atoms with Crippen molar-refractivity contribution in [2.75, 3.05) is 6.61 Å². The molecule has 1 unspecified atom stereocenters. The average molecular weight is 376 g/mol. The number of carbonyl (C=O) groups excluding carboxylic acids is 1. The number of carbonyl (C=O) groups is 2. The van der Waals surface area contributed by atoms with Gasteiger partial charge < -0.3 is 15.2 Å². The van der Waals surface area contributed by atoms with Crippen molar-refractivity contribution in [1.82, 2.24) is 10.3 Å². The van der Waals surface area contributed by atoms with E-state index in [-0.39, 0.29) is 12.3 Å². The predicted molar refractivity (Wildman–Crippen MR) is 101 cm³/mol. The summed E-state index contributed by atoms with van der Waals surface area (Å²) in [6.45, 7) is 7.87. The van der Waals surface area contributed by atoms with Gasteiger partial charge in [-0.15, -0.1) is 11.3 Å². The molecule has 1 aromatic heterocycles. The van der Waals surface area contributed by atoms with Crippen molar-refractivity contribution in [3.05, 3.63) is 35.3 Å². The Morgan fingerprint density at radius 1 is 1.27 bits per heavy atom. The van der Waals surface area contributed by atoms with Gasteiger partial charge in [-0.1, -0.05) is 20.8 Å². The molecule has 2 N–H and O–H groups in total. The fourth-order valence-corrected chi connectivity index (χ4v) is 3.23. The molecule has 7 heteroatoms. The first kappa shape index (κ1) is 19.9. The van der Waals surface area contributed by atoms with Crippen LogP contribution in [-0.2, 0) is 16.0 Å². The van der Waals surface area contributed by atoms with Crippen LogP contribution >= 0.6 is 11.3 Å². The van der Waals surface area contributed by atoms with E-state index in [2.05, 4.69) is 10.3 Å². The molecule has 0 saturated heterocycles. The van der Waals surface area contributed by atoms with E-state index >= 15 is 0 Å². The molecule has 0 aliphatic heterocycles. The van der Waals surface area contributed by atoms with Crippen LogP contribution in [0.5, 0.6) is 5.75 Å². The number of benzene rings is 1. The number of rotatable bonds is 7. The van der Waals surface area contributed by atoms with Crippen LogP contribution in [0.3, 0.4) is 0 Å². The fraction of sp³-hybridized carbons (Fsp3) is 0.421. The molecule has 1 aromatic carbocycles. The minimum atomic E-state index is -1.04. The molecule has 0 saturated carbocycles. The third-order valence-corrected chi connectivity index (χ3v) is 4.66. The minimum Gasteiger partial charge on any atom is -0.494 e. The number of carboxylic acids is 1. The Morgan fingerprint density at radius 2 is 1.92 bits per heavy atom. The van der Waals surface area contributed by atoms with E-state index in [0.717, 1.165) is 16.3 Å². The first-order chi connectivity index (χ1) is 12.2. The summed E-state index contributed by atoms with van der Waals surface area (Å²) in [5, 5.41) is 14.5. The summed E-state index contributed by atoms with van der Waals surface area (Å²) < 4.78 is 5.42. The quantitative estimate of drug-likeness (QED) is 0.773. The number of hydrogen-bond donors (Lipinski definition) is 2. The van der Waals surface area contributed by atoms with Gasteiger partial charge in [-0.2, -0.15) is 0 Å². The van der Waals surface area contributed by atoms with Crippen LogP contribution in [0.2, 0.25) is 0 Å². The van der Waals surface area contributed by atoms with Crippen molar-refractivity contribution >= 4 is 23.2 Å². The Labute approximate surface area is 157 Å². The zero-order valence-electron chi connectivity index (χ0n) is 15.4. The summed E-state index contributed by atoms with van der Waals surface area (Å²) in [6.07, 6.45) is 0.0490. The smallest absolute Gasteiger partial charge is 0.326 e. The molecule has 2 rings (SSSR count). The lowest BCUT2D eigenvalue weighted by Gasteiger charge is -2.27. The molecule has 2 aromatic rings. The third kappa shape index (κ3) is 5.29. The highest BCUT2D eigenvalue weighted by Crippen LogP contribution is 2.26.